The highest BCUT2D eigenvalue weighted by Gasteiger charge is 2.27. The minimum Gasteiger partial charge on any atom is -0.292 e. The summed E-state index contributed by atoms with van der Waals surface area (Å²) in [6.07, 6.45) is 1.94. The maximum Gasteiger partial charge on any atom is 0.125 e. The molecule has 0 aliphatic rings. The third kappa shape index (κ3) is 4.96. The minimum atomic E-state index is -0.179. The Hall–Kier alpha value is -0.610. The fraction of sp³-hybridized carbons (Fsp3) is 0.600. The molecule has 0 radical (unpaired) electrons. The second-order valence-corrected chi connectivity index (χ2v) is 7.70. The summed E-state index contributed by atoms with van der Waals surface area (Å²) in [6.45, 7) is 4.29. The van der Waals surface area contributed by atoms with Gasteiger partial charge in [-0.3, -0.25) is 9.80 Å². The van der Waals surface area contributed by atoms with Crippen LogP contribution in [-0.2, 0) is 0 Å². The van der Waals surface area contributed by atoms with Crippen molar-refractivity contribution in [2.75, 3.05) is 28.2 Å². The van der Waals surface area contributed by atoms with Gasteiger partial charge in [0.25, 0.3) is 0 Å². The van der Waals surface area contributed by atoms with Crippen LogP contribution in [0.2, 0.25) is 0 Å². The van der Waals surface area contributed by atoms with Crippen LogP contribution in [0.3, 0.4) is 0 Å². The molecule has 0 aliphatic carbocycles. The Labute approximate surface area is 140 Å². The van der Waals surface area contributed by atoms with Gasteiger partial charge in [0.05, 0.1) is 12.2 Å². The summed E-state index contributed by atoms with van der Waals surface area (Å²) < 4.78 is 0.803. The van der Waals surface area contributed by atoms with E-state index in [0.717, 1.165) is 9.50 Å². The highest BCUT2D eigenvalue weighted by molar-refractivity contribution is 9.10. The van der Waals surface area contributed by atoms with E-state index in [1.807, 2.05) is 40.5 Å². The van der Waals surface area contributed by atoms with Gasteiger partial charge >= 0.3 is 0 Å². The summed E-state index contributed by atoms with van der Waals surface area (Å²) in [7, 11) is 8.01. The van der Waals surface area contributed by atoms with Crippen LogP contribution in [-0.4, -0.2) is 54.4 Å². The smallest absolute Gasteiger partial charge is 0.125 e. The normalized spacial score (nSPS) is 13.2. The lowest BCUT2D eigenvalue weighted by atomic mass is 10.1. The first kappa shape index (κ1) is 18.4. The molecule has 0 saturated heterocycles. The number of nitrogens with zero attached hydrogens (tertiary/aromatic N) is 4. The Morgan fingerprint density at radius 2 is 1.81 bits per heavy atom. The molecule has 21 heavy (non-hydrogen) atoms. The van der Waals surface area contributed by atoms with Crippen molar-refractivity contribution in [2.24, 2.45) is 0 Å². The van der Waals surface area contributed by atoms with Crippen LogP contribution in [0.1, 0.15) is 25.3 Å². The lowest BCUT2D eigenvalue weighted by Gasteiger charge is -2.33. The molecule has 4 nitrogen and oxygen atoms in total. The molecule has 1 atom stereocenters. The summed E-state index contributed by atoms with van der Waals surface area (Å²) in [5, 5.41) is 9.42. The van der Waals surface area contributed by atoms with E-state index in [1.165, 1.54) is 5.56 Å². The van der Waals surface area contributed by atoms with E-state index < -0.39 is 0 Å². The molecule has 0 aromatic carbocycles. The number of hydrogen-bond donors (Lipinski definition) is 0. The van der Waals surface area contributed by atoms with Gasteiger partial charge in [-0.05, 0) is 61.7 Å². The number of nitriles is 1. The number of pyridine rings is 1. The molecule has 116 valence electrons. The molecular formula is C15H23BrN4S. The Morgan fingerprint density at radius 3 is 2.24 bits per heavy atom. The zero-order valence-electron chi connectivity index (χ0n) is 13.5. The Morgan fingerprint density at radius 1 is 1.24 bits per heavy atom. The SMILES string of the molecule is CC(C)c1cnc(Br)cc1SC(C#N)C(N(C)C)N(C)C. The van der Waals surface area contributed by atoms with Gasteiger partial charge in [-0.1, -0.05) is 13.8 Å². The standard InChI is InChI=1S/C15H23BrN4S/c1-10(2)11-9-18-14(16)7-12(11)21-13(8-17)15(19(3)4)20(5)6/h7,9-10,13,15H,1-6H3. The van der Waals surface area contributed by atoms with Crippen molar-refractivity contribution in [3.63, 3.8) is 0 Å². The molecular weight excluding hydrogens is 348 g/mol. The predicted molar refractivity (Wildman–Crippen MR) is 92.4 cm³/mol. The maximum atomic E-state index is 9.60. The molecule has 0 saturated carbocycles. The highest BCUT2D eigenvalue weighted by Crippen LogP contribution is 2.34. The maximum absolute atomic E-state index is 9.60. The molecule has 1 aromatic rings. The number of hydrogen-bond acceptors (Lipinski definition) is 5. The molecule has 1 rings (SSSR count). The molecule has 0 aliphatic heterocycles. The third-order valence-electron chi connectivity index (χ3n) is 3.19. The van der Waals surface area contributed by atoms with E-state index in [0.29, 0.717) is 5.92 Å². The lowest BCUT2D eigenvalue weighted by Crippen LogP contribution is -2.47. The predicted octanol–water partition coefficient (Wildman–Crippen LogP) is 3.40. The summed E-state index contributed by atoms with van der Waals surface area (Å²) in [5.41, 5.74) is 1.18. The van der Waals surface area contributed by atoms with Crippen LogP contribution in [0, 0.1) is 11.3 Å². The summed E-state index contributed by atoms with van der Waals surface area (Å²) in [6, 6.07) is 4.45. The Balaban J connectivity index is 3.12. The van der Waals surface area contributed by atoms with Gasteiger partial charge in [0.1, 0.15) is 9.85 Å². The van der Waals surface area contributed by atoms with Crippen molar-refractivity contribution in [1.82, 2.24) is 14.8 Å². The Kier molecular flexibility index (Phi) is 7.14. The molecule has 0 spiro atoms. The van der Waals surface area contributed by atoms with Crippen molar-refractivity contribution in [3.05, 3.63) is 22.4 Å². The summed E-state index contributed by atoms with van der Waals surface area (Å²) in [5.74, 6) is 0.379. The number of thioether (sulfide) groups is 1. The van der Waals surface area contributed by atoms with Crippen LogP contribution in [0.4, 0.5) is 0 Å². The molecule has 0 bridgehead atoms. The zero-order valence-corrected chi connectivity index (χ0v) is 15.9. The van der Waals surface area contributed by atoms with E-state index in [1.54, 1.807) is 11.8 Å². The zero-order chi connectivity index (χ0) is 16.2. The van der Waals surface area contributed by atoms with Gasteiger partial charge in [0.2, 0.25) is 0 Å². The van der Waals surface area contributed by atoms with Crippen molar-refractivity contribution in [3.8, 4) is 6.07 Å². The third-order valence-corrected chi connectivity index (χ3v) is 4.84. The van der Waals surface area contributed by atoms with Gasteiger partial charge in [0, 0.05) is 11.1 Å². The molecule has 1 aromatic heterocycles. The first-order valence-electron chi connectivity index (χ1n) is 6.82. The lowest BCUT2D eigenvalue weighted by molar-refractivity contribution is 0.138. The van der Waals surface area contributed by atoms with Gasteiger partial charge in [0.15, 0.2) is 0 Å². The molecule has 1 unspecified atom stereocenters. The van der Waals surface area contributed by atoms with Crippen LogP contribution in [0.15, 0.2) is 21.8 Å². The second-order valence-electron chi connectivity index (χ2n) is 5.71. The summed E-state index contributed by atoms with van der Waals surface area (Å²) >= 11 is 5.03. The second kappa shape index (κ2) is 8.14. The van der Waals surface area contributed by atoms with Crippen LogP contribution >= 0.6 is 27.7 Å². The number of halogens is 1. The van der Waals surface area contributed by atoms with Gasteiger partial charge in [-0.15, -0.1) is 11.8 Å². The monoisotopic (exact) mass is 370 g/mol. The van der Waals surface area contributed by atoms with Gasteiger partial charge in [-0.2, -0.15) is 5.26 Å². The quantitative estimate of drug-likeness (QED) is 0.436. The first-order chi connectivity index (χ1) is 9.77. The average Bonchev–Trinajstić information content (AvgIpc) is 2.36. The van der Waals surface area contributed by atoms with Crippen molar-refractivity contribution < 1.29 is 0 Å². The highest BCUT2D eigenvalue weighted by atomic mass is 79.9. The first-order valence-corrected chi connectivity index (χ1v) is 8.49. The van der Waals surface area contributed by atoms with Crippen LogP contribution in [0.25, 0.3) is 0 Å². The molecule has 0 amide bonds. The minimum absolute atomic E-state index is 0.0481. The number of rotatable bonds is 6. The fourth-order valence-electron chi connectivity index (χ4n) is 2.25. The molecule has 0 fully saturated rings. The largest absolute Gasteiger partial charge is 0.292 e. The van der Waals surface area contributed by atoms with Crippen LogP contribution in [0.5, 0.6) is 0 Å². The van der Waals surface area contributed by atoms with Crippen molar-refractivity contribution in [1.29, 1.82) is 5.26 Å². The molecule has 1 heterocycles. The van der Waals surface area contributed by atoms with E-state index in [-0.39, 0.29) is 11.4 Å². The van der Waals surface area contributed by atoms with Gasteiger partial charge in [-0.25, -0.2) is 4.98 Å². The van der Waals surface area contributed by atoms with E-state index in [2.05, 4.69) is 50.6 Å². The van der Waals surface area contributed by atoms with E-state index in [4.69, 9.17) is 0 Å². The summed E-state index contributed by atoms with van der Waals surface area (Å²) in [4.78, 5) is 9.58. The molecule has 6 heteroatoms. The van der Waals surface area contributed by atoms with Crippen molar-refractivity contribution >= 4 is 27.7 Å². The van der Waals surface area contributed by atoms with Gasteiger partial charge < -0.3 is 0 Å². The molecule has 0 N–H and O–H groups in total. The van der Waals surface area contributed by atoms with E-state index >= 15 is 0 Å². The number of aromatic nitrogens is 1. The van der Waals surface area contributed by atoms with Crippen molar-refractivity contribution in [2.45, 2.75) is 36.1 Å². The topological polar surface area (TPSA) is 43.2 Å². The van der Waals surface area contributed by atoms with E-state index in [9.17, 15) is 5.26 Å². The average molecular weight is 371 g/mol. The Bertz CT molecular complexity index is 503. The fourth-order valence-corrected chi connectivity index (χ4v) is 4.28. The van der Waals surface area contributed by atoms with Crippen LogP contribution < -0.4 is 0 Å².